The molecular formula is C8H9ClN4O. The Hall–Kier alpha value is -1.75. The molecule has 0 atom stereocenters. The van der Waals surface area contributed by atoms with E-state index in [2.05, 4.69) is 4.99 Å². The predicted octanol–water partition coefficient (Wildman–Crippen LogP) is 1.17. The lowest BCUT2D eigenvalue weighted by atomic mass is 10.3. The molecule has 0 aliphatic heterocycles. The summed E-state index contributed by atoms with van der Waals surface area (Å²) in [7, 11) is 0. The molecular weight excluding hydrogens is 204 g/mol. The Bertz CT molecular complexity index is 352. The highest BCUT2D eigenvalue weighted by Gasteiger charge is 2.09. The van der Waals surface area contributed by atoms with E-state index >= 15 is 0 Å². The van der Waals surface area contributed by atoms with Gasteiger partial charge in [0.2, 0.25) is 5.96 Å². The van der Waals surface area contributed by atoms with Gasteiger partial charge in [-0.15, -0.1) is 0 Å². The van der Waals surface area contributed by atoms with Crippen molar-refractivity contribution in [3.8, 4) is 0 Å². The van der Waals surface area contributed by atoms with Crippen LogP contribution in [0.25, 0.3) is 0 Å². The number of nitrogens with zero attached hydrogens (tertiary/aromatic N) is 2. The van der Waals surface area contributed by atoms with Gasteiger partial charge in [0.1, 0.15) is 0 Å². The maximum absolute atomic E-state index is 10.6. The maximum atomic E-state index is 10.6. The second-order valence-corrected chi connectivity index (χ2v) is 2.76. The first-order valence-corrected chi connectivity index (χ1v) is 4.09. The number of amides is 2. The number of benzene rings is 1. The van der Waals surface area contributed by atoms with Gasteiger partial charge in [-0.2, -0.15) is 4.42 Å². The van der Waals surface area contributed by atoms with E-state index in [1.165, 1.54) is 0 Å². The Morgan fingerprint density at radius 2 is 1.86 bits per heavy atom. The van der Waals surface area contributed by atoms with Gasteiger partial charge in [0.05, 0.1) is 5.69 Å². The fourth-order valence-electron chi connectivity index (χ4n) is 0.792. The fourth-order valence-corrected chi connectivity index (χ4v) is 0.829. The third-order valence-corrected chi connectivity index (χ3v) is 1.73. The summed E-state index contributed by atoms with van der Waals surface area (Å²) in [6, 6.07) is 7.98. The molecule has 0 aromatic heterocycles. The molecule has 2 amide bonds. The summed E-state index contributed by atoms with van der Waals surface area (Å²) >= 11 is 5.42. The Labute approximate surface area is 86.1 Å². The normalized spacial score (nSPS) is 11.1. The smallest absolute Gasteiger partial charge is 0.336 e. The number of para-hydroxylation sites is 1. The van der Waals surface area contributed by atoms with Crippen LogP contribution in [0.3, 0.4) is 0 Å². The molecule has 0 saturated carbocycles. The Balaban J connectivity index is 2.84. The van der Waals surface area contributed by atoms with Crippen molar-refractivity contribution in [2.75, 3.05) is 0 Å². The number of carbonyl (C=O) groups excluding carboxylic acids is 1. The van der Waals surface area contributed by atoms with Crippen molar-refractivity contribution >= 4 is 29.5 Å². The van der Waals surface area contributed by atoms with Crippen LogP contribution in [0.15, 0.2) is 35.3 Å². The molecule has 14 heavy (non-hydrogen) atoms. The predicted molar refractivity (Wildman–Crippen MR) is 55.0 cm³/mol. The number of carbonyl (C=O) groups is 1. The largest absolute Gasteiger partial charge is 0.368 e. The Morgan fingerprint density at radius 3 is 2.36 bits per heavy atom. The minimum absolute atomic E-state index is 0.162. The molecule has 1 rings (SSSR count). The number of nitrogens with two attached hydrogens (primary N) is 2. The van der Waals surface area contributed by atoms with E-state index in [1.807, 2.05) is 6.07 Å². The lowest BCUT2D eigenvalue weighted by Crippen LogP contribution is -2.38. The van der Waals surface area contributed by atoms with Crippen LogP contribution in [0.4, 0.5) is 10.5 Å². The molecule has 4 N–H and O–H groups in total. The summed E-state index contributed by atoms with van der Waals surface area (Å²) in [5.41, 5.74) is 10.9. The van der Waals surface area contributed by atoms with E-state index in [0.29, 0.717) is 10.1 Å². The number of rotatable bonds is 1. The summed E-state index contributed by atoms with van der Waals surface area (Å²) in [4.78, 5) is 14.5. The van der Waals surface area contributed by atoms with Gasteiger partial charge < -0.3 is 11.5 Å². The average Bonchev–Trinajstić information content (AvgIpc) is 2.18. The number of halogens is 1. The zero-order chi connectivity index (χ0) is 10.6. The minimum Gasteiger partial charge on any atom is -0.368 e. The minimum atomic E-state index is -0.871. The average molecular weight is 213 g/mol. The topological polar surface area (TPSA) is 84.7 Å². The molecule has 0 fully saturated rings. The van der Waals surface area contributed by atoms with Crippen LogP contribution in [0, 0.1) is 0 Å². The monoisotopic (exact) mass is 212 g/mol. The maximum Gasteiger partial charge on any atom is 0.336 e. The summed E-state index contributed by atoms with van der Waals surface area (Å²) in [6.07, 6.45) is 0. The molecule has 1 aromatic rings. The molecule has 6 heteroatoms. The standard InChI is InChI=1S/C8H9ClN4O/c9-13(8(11)14)7(10)12-6-4-2-1-3-5-6/h1-5H,(H2,10,12)(H2,11,14). The quantitative estimate of drug-likeness (QED) is 0.416. The molecule has 0 unspecified atom stereocenters. The van der Waals surface area contributed by atoms with Gasteiger partial charge in [0.25, 0.3) is 0 Å². The van der Waals surface area contributed by atoms with Crippen molar-refractivity contribution < 1.29 is 4.79 Å². The van der Waals surface area contributed by atoms with Gasteiger partial charge in [-0.1, -0.05) is 18.2 Å². The molecule has 0 bridgehead atoms. The van der Waals surface area contributed by atoms with Gasteiger partial charge in [0.15, 0.2) is 0 Å². The highest BCUT2D eigenvalue weighted by molar-refractivity contribution is 6.30. The van der Waals surface area contributed by atoms with Crippen LogP contribution in [-0.4, -0.2) is 16.4 Å². The van der Waals surface area contributed by atoms with E-state index < -0.39 is 6.03 Å². The number of guanidine groups is 1. The Kier molecular flexibility index (Phi) is 3.30. The number of aliphatic imine (C=N–C) groups is 1. The summed E-state index contributed by atoms with van der Waals surface area (Å²) < 4.78 is 0.549. The van der Waals surface area contributed by atoms with Crippen LogP contribution in [0.1, 0.15) is 0 Å². The van der Waals surface area contributed by atoms with Crippen LogP contribution in [0.5, 0.6) is 0 Å². The number of primary amides is 1. The lowest BCUT2D eigenvalue weighted by molar-refractivity contribution is 0.243. The summed E-state index contributed by atoms with van der Waals surface area (Å²) in [5, 5.41) is 0. The van der Waals surface area contributed by atoms with E-state index in [4.69, 9.17) is 23.2 Å². The lowest BCUT2D eigenvalue weighted by Gasteiger charge is -2.08. The van der Waals surface area contributed by atoms with E-state index in [1.54, 1.807) is 24.3 Å². The van der Waals surface area contributed by atoms with E-state index in [0.717, 1.165) is 0 Å². The SMILES string of the molecule is NC(=O)N(Cl)C(N)=Nc1ccccc1. The number of hydrogen-bond acceptors (Lipinski definition) is 2. The molecule has 5 nitrogen and oxygen atoms in total. The van der Waals surface area contributed by atoms with Crippen LogP contribution in [0.2, 0.25) is 0 Å². The molecule has 74 valence electrons. The van der Waals surface area contributed by atoms with Crippen LogP contribution < -0.4 is 11.5 Å². The molecule has 0 radical (unpaired) electrons. The van der Waals surface area contributed by atoms with Crippen LogP contribution >= 0.6 is 11.8 Å². The second-order valence-electron chi connectivity index (χ2n) is 2.42. The van der Waals surface area contributed by atoms with Gasteiger partial charge >= 0.3 is 6.03 Å². The first-order valence-electron chi connectivity index (χ1n) is 3.76. The molecule has 0 aliphatic carbocycles. The molecule has 0 spiro atoms. The van der Waals surface area contributed by atoms with Gasteiger partial charge in [0, 0.05) is 11.8 Å². The van der Waals surface area contributed by atoms with E-state index in [-0.39, 0.29) is 5.96 Å². The molecule has 1 aromatic carbocycles. The first kappa shape index (κ1) is 10.3. The second kappa shape index (κ2) is 4.48. The van der Waals surface area contributed by atoms with Crippen molar-refractivity contribution in [2.45, 2.75) is 0 Å². The van der Waals surface area contributed by atoms with Crippen molar-refractivity contribution in [1.29, 1.82) is 0 Å². The summed E-state index contributed by atoms with van der Waals surface area (Å²) in [5.74, 6) is -0.162. The third-order valence-electron chi connectivity index (χ3n) is 1.39. The highest BCUT2D eigenvalue weighted by atomic mass is 35.5. The number of hydrogen-bond donors (Lipinski definition) is 2. The van der Waals surface area contributed by atoms with Gasteiger partial charge in [-0.3, -0.25) is 0 Å². The zero-order valence-corrected chi connectivity index (χ0v) is 7.98. The molecule has 0 heterocycles. The van der Waals surface area contributed by atoms with Crippen molar-refractivity contribution in [1.82, 2.24) is 4.42 Å². The molecule has 0 aliphatic rings. The van der Waals surface area contributed by atoms with Crippen LogP contribution in [-0.2, 0) is 0 Å². The van der Waals surface area contributed by atoms with Gasteiger partial charge in [-0.25, -0.2) is 9.79 Å². The van der Waals surface area contributed by atoms with Crippen molar-refractivity contribution in [3.63, 3.8) is 0 Å². The fraction of sp³-hybridized carbons (Fsp3) is 0. The first-order chi connectivity index (χ1) is 6.61. The molecule has 0 saturated heterocycles. The zero-order valence-electron chi connectivity index (χ0n) is 7.22. The summed E-state index contributed by atoms with van der Waals surface area (Å²) in [6.45, 7) is 0. The third kappa shape index (κ3) is 2.63. The number of urea groups is 1. The Morgan fingerprint density at radius 1 is 1.29 bits per heavy atom. The highest BCUT2D eigenvalue weighted by Crippen LogP contribution is 2.10. The van der Waals surface area contributed by atoms with Crippen molar-refractivity contribution in [3.05, 3.63) is 30.3 Å². The van der Waals surface area contributed by atoms with E-state index in [9.17, 15) is 4.79 Å². The van der Waals surface area contributed by atoms with Gasteiger partial charge in [-0.05, 0) is 12.1 Å². The van der Waals surface area contributed by atoms with Crippen molar-refractivity contribution in [2.24, 2.45) is 16.5 Å².